The van der Waals surface area contributed by atoms with Gasteiger partial charge in [-0.3, -0.25) is 9.36 Å². The molecule has 5 nitrogen and oxygen atoms in total. The molecule has 3 aromatic rings. The maximum atomic E-state index is 12.4. The van der Waals surface area contributed by atoms with Gasteiger partial charge in [-0.2, -0.15) is 0 Å². The number of hydrogen-bond acceptors (Lipinski definition) is 5. The Labute approximate surface area is 118 Å². The van der Waals surface area contributed by atoms with Crippen molar-refractivity contribution in [2.45, 2.75) is 32.2 Å². The van der Waals surface area contributed by atoms with Gasteiger partial charge in [-0.05, 0) is 30.7 Å². The molecule has 0 N–H and O–H groups in total. The van der Waals surface area contributed by atoms with Gasteiger partial charge in [0.05, 0.1) is 24.1 Å². The first-order valence-corrected chi connectivity index (χ1v) is 7.48. The van der Waals surface area contributed by atoms with Crippen LogP contribution < -0.4 is 5.56 Å². The lowest BCUT2D eigenvalue weighted by Gasteiger charge is -2.02. The lowest BCUT2D eigenvalue weighted by molar-refractivity contribution is 0.496. The summed E-state index contributed by atoms with van der Waals surface area (Å²) in [4.78, 5) is 21.2. The smallest absolute Gasteiger partial charge is 0.271 e. The van der Waals surface area contributed by atoms with E-state index in [1.807, 2.05) is 12.3 Å². The fourth-order valence-electron chi connectivity index (χ4n) is 2.26. The standard InChI is InChI=1S/C14H13N3O2S/c1-8-6-20-12-11(8)15-7-17(14(12)18)4-10-5-19-13(16-10)9-2-3-9/h5-7,9H,2-4H2,1H3. The summed E-state index contributed by atoms with van der Waals surface area (Å²) in [5, 5.41) is 1.96. The van der Waals surface area contributed by atoms with E-state index in [0.717, 1.165) is 35.5 Å². The van der Waals surface area contributed by atoms with Crippen LogP contribution in [0.1, 0.15) is 35.9 Å². The maximum absolute atomic E-state index is 12.4. The Balaban J connectivity index is 1.70. The van der Waals surface area contributed by atoms with E-state index in [1.165, 1.54) is 11.3 Å². The SMILES string of the molecule is Cc1csc2c(=O)n(Cc3coc(C4CC4)n3)cnc12. The summed E-state index contributed by atoms with van der Waals surface area (Å²) in [6, 6.07) is 0. The molecule has 6 heteroatoms. The summed E-state index contributed by atoms with van der Waals surface area (Å²) in [6.45, 7) is 2.38. The van der Waals surface area contributed by atoms with E-state index in [-0.39, 0.29) is 5.56 Å². The highest BCUT2D eigenvalue weighted by atomic mass is 32.1. The van der Waals surface area contributed by atoms with Crippen molar-refractivity contribution in [3.05, 3.63) is 45.5 Å². The normalized spacial score (nSPS) is 15.1. The van der Waals surface area contributed by atoms with Crippen LogP contribution in [-0.4, -0.2) is 14.5 Å². The van der Waals surface area contributed by atoms with Crippen molar-refractivity contribution >= 4 is 21.6 Å². The van der Waals surface area contributed by atoms with E-state index in [1.54, 1.807) is 17.2 Å². The van der Waals surface area contributed by atoms with Gasteiger partial charge in [0.2, 0.25) is 0 Å². The second kappa shape index (κ2) is 4.28. The van der Waals surface area contributed by atoms with Crippen molar-refractivity contribution in [1.82, 2.24) is 14.5 Å². The molecule has 1 saturated carbocycles. The average Bonchev–Trinajstić information content (AvgIpc) is 3.08. The summed E-state index contributed by atoms with van der Waals surface area (Å²) in [7, 11) is 0. The van der Waals surface area contributed by atoms with Gasteiger partial charge in [0.1, 0.15) is 11.0 Å². The van der Waals surface area contributed by atoms with Crippen LogP contribution in [-0.2, 0) is 6.54 Å². The maximum Gasteiger partial charge on any atom is 0.271 e. The Kier molecular flexibility index (Phi) is 2.53. The second-order valence-electron chi connectivity index (χ2n) is 5.23. The summed E-state index contributed by atoms with van der Waals surface area (Å²) in [6.07, 6.45) is 5.55. The second-order valence-corrected chi connectivity index (χ2v) is 6.11. The fourth-order valence-corrected chi connectivity index (χ4v) is 3.21. The van der Waals surface area contributed by atoms with E-state index in [4.69, 9.17) is 4.42 Å². The van der Waals surface area contributed by atoms with E-state index in [2.05, 4.69) is 9.97 Å². The van der Waals surface area contributed by atoms with Crippen molar-refractivity contribution in [3.8, 4) is 0 Å². The largest absolute Gasteiger partial charge is 0.448 e. The van der Waals surface area contributed by atoms with Crippen LogP contribution in [0.15, 0.2) is 27.2 Å². The molecule has 0 aliphatic heterocycles. The van der Waals surface area contributed by atoms with E-state index in [0.29, 0.717) is 17.2 Å². The molecule has 3 aromatic heterocycles. The Morgan fingerprint density at radius 1 is 1.50 bits per heavy atom. The molecule has 3 heterocycles. The van der Waals surface area contributed by atoms with Gasteiger partial charge in [0, 0.05) is 5.92 Å². The first-order valence-electron chi connectivity index (χ1n) is 6.60. The zero-order valence-electron chi connectivity index (χ0n) is 11.0. The minimum absolute atomic E-state index is 0.0101. The minimum Gasteiger partial charge on any atom is -0.448 e. The Bertz CT molecular complexity index is 842. The van der Waals surface area contributed by atoms with Crippen molar-refractivity contribution < 1.29 is 4.42 Å². The third-order valence-electron chi connectivity index (χ3n) is 3.55. The molecule has 0 atom stereocenters. The zero-order valence-corrected chi connectivity index (χ0v) is 11.8. The first-order chi connectivity index (χ1) is 9.72. The molecule has 0 spiro atoms. The van der Waals surface area contributed by atoms with Crippen molar-refractivity contribution in [2.75, 3.05) is 0 Å². The third-order valence-corrected chi connectivity index (χ3v) is 4.63. The van der Waals surface area contributed by atoms with Gasteiger partial charge in [-0.1, -0.05) is 0 Å². The Hall–Kier alpha value is -1.95. The lowest BCUT2D eigenvalue weighted by Crippen LogP contribution is -2.20. The zero-order chi connectivity index (χ0) is 13.7. The highest BCUT2D eigenvalue weighted by Crippen LogP contribution is 2.39. The summed E-state index contributed by atoms with van der Waals surface area (Å²) in [5.41, 5.74) is 2.62. The number of hydrogen-bond donors (Lipinski definition) is 0. The fraction of sp³-hybridized carbons (Fsp3) is 0.357. The topological polar surface area (TPSA) is 60.9 Å². The monoisotopic (exact) mass is 287 g/mol. The van der Waals surface area contributed by atoms with Gasteiger partial charge in [-0.25, -0.2) is 9.97 Å². The molecular weight excluding hydrogens is 274 g/mol. The molecule has 0 aromatic carbocycles. The number of rotatable bonds is 3. The highest BCUT2D eigenvalue weighted by molar-refractivity contribution is 7.17. The molecule has 0 amide bonds. The predicted octanol–water partition coefficient (Wildman–Crippen LogP) is 2.68. The van der Waals surface area contributed by atoms with Crippen LogP contribution in [0, 0.1) is 6.92 Å². The Morgan fingerprint density at radius 3 is 3.15 bits per heavy atom. The van der Waals surface area contributed by atoms with Crippen molar-refractivity contribution in [2.24, 2.45) is 0 Å². The number of aromatic nitrogens is 3. The number of thiophene rings is 1. The molecule has 1 aliphatic carbocycles. The number of aryl methyl sites for hydroxylation is 1. The molecule has 0 radical (unpaired) electrons. The Morgan fingerprint density at radius 2 is 2.35 bits per heavy atom. The van der Waals surface area contributed by atoms with Crippen LogP contribution in [0.3, 0.4) is 0 Å². The van der Waals surface area contributed by atoms with Gasteiger partial charge in [-0.15, -0.1) is 11.3 Å². The average molecular weight is 287 g/mol. The van der Waals surface area contributed by atoms with Crippen LogP contribution in [0.25, 0.3) is 10.2 Å². The van der Waals surface area contributed by atoms with Crippen molar-refractivity contribution in [1.29, 1.82) is 0 Å². The number of oxazole rings is 1. The minimum atomic E-state index is -0.0101. The van der Waals surface area contributed by atoms with Gasteiger partial charge < -0.3 is 4.42 Å². The molecule has 0 saturated heterocycles. The summed E-state index contributed by atoms with van der Waals surface area (Å²) in [5.74, 6) is 1.29. The molecule has 0 bridgehead atoms. The van der Waals surface area contributed by atoms with Gasteiger partial charge in [0.15, 0.2) is 5.89 Å². The molecule has 20 heavy (non-hydrogen) atoms. The molecule has 0 unspecified atom stereocenters. The third kappa shape index (κ3) is 1.87. The molecule has 4 rings (SSSR count). The van der Waals surface area contributed by atoms with Crippen LogP contribution >= 0.6 is 11.3 Å². The number of fused-ring (bicyclic) bond motifs is 1. The van der Waals surface area contributed by atoms with Crippen LogP contribution in [0.2, 0.25) is 0 Å². The molecule has 1 aliphatic rings. The summed E-state index contributed by atoms with van der Waals surface area (Å²) < 4.78 is 7.74. The molecule has 102 valence electrons. The van der Waals surface area contributed by atoms with Crippen molar-refractivity contribution in [3.63, 3.8) is 0 Å². The van der Waals surface area contributed by atoms with Gasteiger partial charge in [0.25, 0.3) is 5.56 Å². The summed E-state index contributed by atoms with van der Waals surface area (Å²) >= 11 is 1.45. The van der Waals surface area contributed by atoms with E-state index < -0.39 is 0 Å². The highest BCUT2D eigenvalue weighted by Gasteiger charge is 2.28. The lowest BCUT2D eigenvalue weighted by atomic mass is 10.3. The van der Waals surface area contributed by atoms with Crippen LogP contribution in [0.4, 0.5) is 0 Å². The van der Waals surface area contributed by atoms with E-state index >= 15 is 0 Å². The predicted molar refractivity (Wildman–Crippen MR) is 76.2 cm³/mol. The molecule has 1 fully saturated rings. The quantitative estimate of drug-likeness (QED) is 0.743. The molecular formula is C14H13N3O2S. The van der Waals surface area contributed by atoms with Crippen LogP contribution in [0.5, 0.6) is 0 Å². The first kappa shape index (κ1) is 11.8. The van der Waals surface area contributed by atoms with Gasteiger partial charge >= 0.3 is 0 Å². The van der Waals surface area contributed by atoms with E-state index in [9.17, 15) is 4.79 Å². The number of nitrogens with zero attached hydrogens (tertiary/aromatic N) is 3.